The van der Waals surface area contributed by atoms with Crippen LogP contribution in [0.5, 0.6) is 5.88 Å². The number of fused-ring (bicyclic) bond motifs is 1. The van der Waals surface area contributed by atoms with Crippen LogP contribution in [0, 0.1) is 10.1 Å². The van der Waals surface area contributed by atoms with Gasteiger partial charge >= 0.3 is 6.03 Å². The summed E-state index contributed by atoms with van der Waals surface area (Å²) >= 11 is 0. The number of aryl methyl sites for hydroxylation is 1. The zero-order valence-corrected chi connectivity index (χ0v) is 23.3. The fourth-order valence-corrected chi connectivity index (χ4v) is 5.55. The Hall–Kier alpha value is -5.29. The molecule has 2 fully saturated rings. The van der Waals surface area contributed by atoms with Crippen LogP contribution in [0.15, 0.2) is 77.4 Å². The fourth-order valence-electron chi connectivity index (χ4n) is 5.55. The second-order valence-electron chi connectivity index (χ2n) is 10.7. The van der Waals surface area contributed by atoms with Gasteiger partial charge in [0, 0.05) is 28.6 Å². The number of H-pyrrole nitrogens is 1. The van der Waals surface area contributed by atoms with Crippen LogP contribution in [-0.4, -0.2) is 57.2 Å². The van der Waals surface area contributed by atoms with Crippen molar-refractivity contribution in [2.45, 2.75) is 25.7 Å². The lowest BCUT2D eigenvalue weighted by Gasteiger charge is -2.14. The predicted molar refractivity (Wildman–Crippen MR) is 163 cm³/mol. The van der Waals surface area contributed by atoms with Crippen molar-refractivity contribution in [3.63, 3.8) is 0 Å². The maximum absolute atomic E-state index is 11.9. The summed E-state index contributed by atoms with van der Waals surface area (Å²) in [7, 11) is 0. The number of imide groups is 1. The van der Waals surface area contributed by atoms with Gasteiger partial charge in [-0.25, -0.2) is 9.79 Å². The molecule has 0 radical (unpaired) electrons. The van der Waals surface area contributed by atoms with E-state index in [4.69, 9.17) is 4.99 Å². The van der Waals surface area contributed by atoms with Crippen molar-refractivity contribution in [1.82, 2.24) is 20.5 Å². The zero-order valence-electron chi connectivity index (χ0n) is 23.3. The van der Waals surface area contributed by atoms with Crippen LogP contribution in [0.4, 0.5) is 16.2 Å². The number of nitro benzene ring substituents is 1. The summed E-state index contributed by atoms with van der Waals surface area (Å²) in [4.78, 5) is 44.7. The molecule has 0 aliphatic carbocycles. The highest BCUT2D eigenvalue weighted by molar-refractivity contribution is 6.22. The van der Waals surface area contributed by atoms with Crippen LogP contribution >= 0.6 is 0 Å². The number of aromatic nitrogens is 1. The van der Waals surface area contributed by atoms with Gasteiger partial charge in [0.15, 0.2) is 5.88 Å². The van der Waals surface area contributed by atoms with Gasteiger partial charge in [0.2, 0.25) is 0 Å². The molecule has 218 valence electrons. The number of aliphatic imine (C=N–C) groups is 1. The van der Waals surface area contributed by atoms with Crippen molar-refractivity contribution in [1.29, 1.82) is 0 Å². The number of aromatic amines is 1. The number of carbonyl (C=O) groups excluding carboxylic acids is 2. The molecule has 2 aliphatic heterocycles. The van der Waals surface area contributed by atoms with Gasteiger partial charge in [-0.2, -0.15) is 0 Å². The monoisotopic (exact) mass is 578 g/mol. The first-order valence-electron chi connectivity index (χ1n) is 14.2. The summed E-state index contributed by atoms with van der Waals surface area (Å²) in [5.74, 6) is -0.647. The fraction of sp³-hybridized carbons (Fsp3) is 0.219. The number of likely N-dealkylation sites (tertiary alicyclic amines) is 1. The molecule has 0 saturated carbocycles. The van der Waals surface area contributed by atoms with Gasteiger partial charge in [0.1, 0.15) is 5.70 Å². The van der Waals surface area contributed by atoms with Gasteiger partial charge in [0.05, 0.1) is 21.9 Å². The van der Waals surface area contributed by atoms with Crippen LogP contribution < -0.4 is 10.6 Å². The molecule has 2 saturated heterocycles. The molecular weight excluding hydrogens is 548 g/mol. The number of hydrogen-bond donors (Lipinski definition) is 4. The molecule has 3 heterocycles. The Kier molecular flexibility index (Phi) is 7.71. The Morgan fingerprint density at radius 3 is 2.42 bits per heavy atom. The molecule has 4 aromatic rings. The lowest BCUT2D eigenvalue weighted by Crippen LogP contribution is -2.22. The molecule has 3 amide bonds. The molecule has 2 aliphatic rings. The van der Waals surface area contributed by atoms with Crippen LogP contribution in [0.3, 0.4) is 0 Å². The molecule has 0 spiro atoms. The third-order valence-corrected chi connectivity index (χ3v) is 7.74. The lowest BCUT2D eigenvalue weighted by atomic mass is 9.98. The molecule has 0 atom stereocenters. The number of hydrogen-bond acceptors (Lipinski definition) is 7. The van der Waals surface area contributed by atoms with Gasteiger partial charge in [-0.15, -0.1) is 0 Å². The average Bonchev–Trinajstić information content (AvgIpc) is 3.71. The highest BCUT2D eigenvalue weighted by atomic mass is 16.6. The van der Waals surface area contributed by atoms with E-state index in [1.165, 1.54) is 43.6 Å². The van der Waals surface area contributed by atoms with Crippen LogP contribution in [-0.2, 0) is 11.2 Å². The second kappa shape index (κ2) is 11.9. The molecule has 6 rings (SSSR count). The number of carbonyl (C=O) groups is 2. The quantitative estimate of drug-likeness (QED) is 0.0708. The number of aromatic hydroxyl groups is 1. The summed E-state index contributed by atoms with van der Waals surface area (Å²) in [5.41, 5.74) is 4.57. The number of amides is 3. The number of rotatable bonds is 9. The van der Waals surface area contributed by atoms with Crippen molar-refractivity contribution < 1.29 is 19.6 Å². The Bertz CT molecular complexity index is 1770. The molecule has 11 nitrogen and oxygen atoms in total. The molecule has 0 unspecified atom stereocenters. The second-order valence-corrected chi connectivity index (χ2v) is 10.7. The summed E-state index contributed by atoms with van der Waals surface area (Å²) in [6.07, 6.45) is 6.12. The molecule has 0 bridgehead atoms. The number of nitrogens with one attached hydrogen (secondary N) is 3. The predicted octanol–water partition coefficient (Wildman–Crippen LogP) is 5.16. The minimum atomic E-state index is -0.571. The van der Waals surface area contributed by atoms with Crippen molar-refractivity contribution in [2.75, 3.05) is 19.6 Å². The zero-order chi connectivity index (χ0) is 29.9. The van der Waals surface area contributed by atoms with Gasteiger partial charge < -0.3 is 20.3 Å². The van der Waals surface area contributed by atoms with E-state index < -0.39 is 16.9 Å². The summed E-state index contributed by atoms with van der Waals surface area (Å²) in [6.45, 7) is 3.44. The normalized spacial score (nSPS) is 16.7. The largest absolute Gasteiger partial charge is 0.494 e. The van der Waals surface area contributed by atoms with Crippen molar-refractivity contribution in [2.24, 2.45) is 4.99 Å². The lowest BCUT2D eigenvalue weighted by molar-refractivity contribution is -0.384. The smallest absolute Gasteiger partial charge is 0.326 e. The first-order chi connectivity index (χ1) is 20.8. The summed E-state index contributed by atoms with van der Waals surface area (Å²) in [5, 5.41) is 27.7. The van der Waals surface area contributed by atoms with E-state index in [9.17, 15) is 24.8 Å². The van der Waals surface area contributed by atoms with E-state index in [-0.39, 0.29) is 17.3 Å². The highest BCUT2D eigenvalue weighted by Crippen LogP contribution is 2.34. The number of urea groups is 1. The molecule has 11 heteroatoms. The minimum Gasteiger partial charge on any atom is -0.494 e. The van der Waals surface area contributed by atoms with Gasteiger partial charge in [-0.3, -0.25) is 20.2 Å². The maximum atomic E-state index is 11.9. The van der Waals surface area contributed by atoms with Crippen molar-refractivity contribution in [3.8, 4) is 5.88 Å². The first kappa shape index (κ1) is 27.9. The number of nitro groups is 1. The van der Waals surface area contributed by atoms with Crippen LogP contribution in [0.25, 0.3) is 17.0 Å². The van der Waals surface area contributed by atoms with Crippen LogP contribution in [0.1, 0.15) is 41.5 Å². The average molecular weight is 579 g/mol. The van der Waals surface area contributed by atoms with E-state index in [1.54, 1.807) is 36.4 Å². The highest BCUT2D eigenvalue weighted by Gasteiger charge is 2.23. The van der Waals surface area contributed by atoms with Gasteiger partial charge in [-0.05, 0) is 80.7 Å². The summed E-state index contributed by atoms with van der Waals surface area (Å²) < 4.78 is 0. The number of nitrogens with zero attached hydrogens (tertiary/aromatic N) is 3. The molecule has 3 aromatic carbocycles. The Balaban J connectivity index is 1.35. The number of benzene rings is 3. The first-order valence-corrected chi connectivity index (χ1v) is 14.2. The molecule has 1 aromatic heterocycles. The molecule has 4 N–H and O–H groups in total. The van der Waals surface area contributed by atoms with E-state index >= 15 is 0 Å². The molecular formula is C32H30N6O5. The SMILES string of the molecule is O=C1NC(=O)C(=Cc2ccc(N=C(c3ccc(CCCN4CCCC4)cc3)c3c(O)[nH]c4ccc([N+](=O)[O-])cc34)cc2)N1. The van der Waals surface area contributed by atoms with Crippen LogP contribution in [0.2, 0.25) is 0 Å². The Morgan fingerprint density at radius 1 is 1.00 bits per heavy atom. The Morgan fingerprint density at radius 2 is 1.74 bits per heavy atom. The Labute approximate surface area is 247 Å². The number of non-ortho nitro benzene ring substituents is 1. The van der Waals surface area contributed by atoms with Gasteiger partial charge in [0.25, 0.3) is 11.6 Å². The minimum absolute atomic E-state index is 0.0964. The molecule has 43 heavy (non-hydrogen) atoms. The standard InChI is InChI=1S/C32H30N6O5/c39-30-27(35-32(41)36-30)18-21-7-11-23(12-8-21)33-29(28-25-19-24(38(42)43)13-14-26(25)34-31(28)40)22-9-5-20(6-10-22)4-3-17-37-15-1-2-16-37/h5-14,18-19,34,40H,1-4,15-17H2,(H2,35,36,39,41). The maximum Gasteiger partial charge on any atom is 0.326 e. The summed E-state index contributed by atoms with van der Waals surface area (Å²) in [6, 6.07) is 18.9. The van der Waals surface area contributed by atoms with Crippen molar-refractivity contribution in [3.05, 3.63) is 105 Å². The van der Waals surface area contributed by atoms with E-state index in [0.29, 0.717) is 33.4 Å². The van der Waals surface area contributed by atoms with E-state index in [0.717, 1.165) is 24.9 Å². The third kappa shape index (κ3) is 6.16. The van der Waals surface area contributed by atoms with E-state index in [1.807, 2.05) is 12.1 Å². The van der Waals surface area contributed by atoms with E-state index in [2.05, 4.69) is 32.7 Å². The van der Waals surface area contributed by atoms with Gasteiger partial charge in [-0.1, -0.05) is 36.4 Å². The third-order valence-electron chi connectivity index (χ3n) is 7.74. The topological polar surface area (TPSA) is 153 Å². The van der Waals surface area contributed by atoms with Crippen molar-refractivity contribution >= 4 is 46.0 Å².